The van der Waals surface area contributed by atoms with Gasteiger partial charge < -0.3 is 9.64 Å². The molecule has 34 heavy (non-hydrogen) atoms. The van der Waals surface area contributed by atoms with Crippen molar-refractivity contribution in [2.24, 2.45) is 0 Å². The Hall–Kier alpha value is -4.20. The lowest BCUT2D eigenvalue weighted by Crippen LogP contribution is -2.30. The second-order valence-electron chi connectivity index (χ2n) is 8.32. The number of nitro groups is 1. The topological polar surface area (TPSA) is 90.5 Å². The number of benzene rings is 3. The average Bonchev–Trinajstić information content (AvgIpc) is 2.89. The second-order valence-corrected chi connectivity index (χ2v) is 8.32. The number of nitrogens with zero attached hydrogens (tertiary/aromatic N) is 4. The molecule has 0 unspecified atom stereocenters. The number of methoxy groups -OCH3 is 1. The molecule has 1 aromatic heterocycles. The predicted molar refractivity (Wildman–Crippen MR) is 132 cm³/mol. The normalized spacial score (nSPS) is 13.7. The first-order chi connectivity index (χ1) is 16.6. The van der Waals surface area contributed by atoms with Crippen LogP contribution in [0.5, 0.6) is 5.75 Å². The maximum Gasteiger partial charge on any atom is 0.295 e. The maximum absolute atomic E-state index is 13.7. The summed E-state index contributed by atoms with van der Waals surface area (Å²) in [7, 11) is 1.53. The molecule has 0 N–H and O–H groups in total. The number of anilines is 1. The molecule has 8 heteroatoms. The van der Waals surface area contributed by atoms with Gasteiger partial charge in [-0.25, -0.2) is 0 Å². The van der Waals surface area contributed by atoms with Gasteiger partial charge in [0.1, 0.15) is 11.4 Å². The molecule has 0 amide bonds. The number of rotatable bonds is 5. The molecule has 0 bridgehead atoms. The smallest absolute Gasteiger partial charge is 0.295 e. The minimum Gasteiger partial charge on any atom is -0.497 e. The monoisotopic (exact) mass is 456 g/mol. The molecule has 1 aliphatic rings. The molecular formula is C26H24N4O4. The van der Waals surface area contributed by atoms with Crippen LogP contribution in [0.1, 0.15) is 19.3 Å². The first-order valence-corrected chi connectivity index (χ1v) is 11.3. The van der Waals surface area contributed by atoms with E-state index in [9.17, 15) is 14.9 Å². The van der Waals surface area contributed by atoms with E-state index in [4.69, 9.17) is 4.74 Å². The van der Waals surface area contributed by atoms with Gasteiger partial charge in [0.2, 0.25) is 0 Å². The van der Waals surface area contributed by atoms with Crippen molar-refractivity contribution in [3.05, 3.63) is 87.2 Å². The first-order valence-electron chi connectivity index (χ1n) is 11.3. The van der Waals surface area contributed by atoms with Gasteiger partial charge in [-0.2, -0.15) is 9.78 Å². The van der Waals surface area contributed by atoms with Crippen LogP contribution in [0.4, 0.5) is 11.4 Å². The summed E-state index contributed by atoms with van der Waals surface area (Å²) < 4.78 is 6.51. The van der Waals surface area contributed by atoms with Gasteiger partial charge in [0.15, 0.2) is 0 Å². The molecule has 0 aliphatic carbocycles. The minimum absolute atomic E-state index is 0.153. The Labute approximate surface area is 196 Å². The first kappa shape index (κ1) is 21.6. The lowest BCUT2D eigenvalue weighted by Gasteiger charge is -2.29. The number of piperidine rings is 1. The van der Waals surface area contributed by atoms with Gasteiger partial charge in [-0.1, -0.05) is 30.3 Å². The van der Waals surface area contributed by atoms with Crippen LogP contribution < -0.4 is 15.2 Å². The molecule has 0 saturated carbocycles. The highest BCUT2D eigenvalue weighted by Crippen LogP contribution is 2.32. The van der Waals surface area contributed by atoms with Crippen LogP contribution in [0.3, 0.4) is 0 Å². The number of hydrogen-bond acceptors (Lipinski definition) is 6. The highest BCUT2D eigenvalue weighted by Gasteiger charge is 2.23. The number of nitro benzene ring substituents is 1. The molecule has 5 rings (SSSR count). The number of hydrogen-bond donors (Lipinski definition) is 0. The standard InChI is InChI=1S/C26H24N4O4/c1-34-20-11-12-21-22(17-20)26(31)29(27-25(21)18-8-4-2-5-9-18)24-16-19(10-13-23(24)30(32)33)28-14-6-3-7-15-28/h2,4-5,8-13,16-17H,3,6-7,14-15H2,1H3. The summed E-state index contributed by atoms with van der Waals surface area (Å²) in [5, 5.41) is 17.6. The molecule has 2 heterocycles. The highest BCUT2D eigenvalue weighted by atomic mass is 16.6. The van der Waals surface area contributed by atoms with E-state index in [1.54, 1.807) is 30.3 Å². The zero-order chi connectivity index (χ0) is 23.7. The summed E-state index contributed by atoms with van der Waals surface area (Å²) in [5.41, 5.74) is 1.77. The van der Waals surface area contributed by atoms with Crippen LogP contribution in [-0.2, 0) is 0 Å². The molecule has 4 aromatic rings. The van der Waals surface area contributed by atoms with Crippen molar-refractivity contribution >= 4 is 22.1 Å². The van der Waals surface area contributed by atoms with Crippen LogP contribution in [-0.4, -0.2) is 34.9 Å². The highest BCUT2D eigenvalue weighted by molar-refractivity contribution is 5.94. The van der Waals surface area contributed by atoms with Crippen molar-refractivity contribution in [1.29, 1.82) is 0 Å². The molecule has 172 valence electrons. The summed E-state index contributed by atoms with van der Waals surface area (Å²) in [5.74, 6) is 0.526. The third-order valence-electron chi connectivity index (χ3n) is 6.26. The fourth-order valence-corrected chi connectivity index (χ4v) is 4.50. The molecular weight excluding hydrogens is 432 g/mol. The van der Waals surface area contributed by atoms with E-state index in [0.717, 1.165) is 41.9 Å². The van der Waals surface area contributed by atoms with Crippen LogP contribution in [0.2, 0.25) is 0 Å². The van der Waals surface area contributed by atoms with Crippen molar-refractivity contribution in [1.82, 2.24) is 9.78 Å². The Morgan fingerprint density at radius 2 is 1.71 bits per heavy atom. The predicted octanol–water partition coefficient (Wildman–Crippen LogP) is 4.96. The van der Waals surface area contributed by atoms with Crippen molar-refractivity contribution in [2.45, 2.75) is 19.3 Å². The van der Waals surface area contributed by atoms with E-state index in [-0.39, 0.29) is 11.4 Å². The van der Waals surface area contributed by atoms with Gasteiger partial charge in [0.05, 0.1) is 23.1 Å². The van der Waals surface area contributed by atoms with Gasteiger partial charge in [0, 0.05) is 35.8 Å². The number of ether oxygens (including phenoxy) is 1. The quantitative estimate of drug-likeness (QED) is 0.311. The Morgan fingerprint density at radius 1 is 0.941 bits per heavy atom. The molecule has 3 aromatic carbocycles. The Kier molecular flexibility index (Phi) is 5.71. The maximum atomic E-state index is 13.7. The average molecular weight is 457 g/mol. The van der Waals surface area contributed by atoms with E-state index in [0.29, 0.717) is 22.2 Å². The van der Waals surface area contributed by atoms with Crippen molar-refractivity contribution in [3.8, 4) is 22.7 Å². The zero-order valence-corrected chi connectivity index (χ0v) is 18.8. The lowest BCUT2D eigenvalue weighted by atomic mass is 10.0. The fraction of sp³-hybridized carbons (Fsp3) is 0.231. The number of fused-ring (bicyclic) bond motifs is 1. The largest absolute Gasteiger partial charge is 0.497 e. The van der Waals surface area contributed by atoms with Crippen LogP contribution in [0.25, 0.3) is 27.7 Å². The Balaban J connectivity index is 1.80. The van der Waals surface area contributed by atoms with Gasteiger partial charge >= 0.3 is 0 Å². The molecule has 0 atom stereocenters. The molecule has 0 radical (unpaired) electrons. The van der Waals surface area contributed by atoms with E-state index in [1.807, 2.05) is 30.3 Å². The fourth-order valence-electron chi connectivity index (χ4n) is 4.50. The Bertz CT molecular complexity index is 1430. The van der Waals surface area contributed by atoms with Gasteiger partial charge in [-0.15, -0.1) is 0 Å². The lowest BCUT2D eigenvalue weighted by molar-refractivity contribution is -0.384. The molecule has 8 nitrogen and oxygen atoms in total. The number of aromatic nitrogens is 2. The zero-order valence-electron chi connectivity index (χ0n) is 18.8. The van der Waals surface area contributed by atoms with Crippen molar-refractivity contribution < 1.29 is 9.66 Å². The third-order valence-corrected chi connectivity index (χ3v) is 6.26. The summed E-state index contributed by atoms with van der Waals surface area (Å²) in [6, 6.07) is 19.6. The van der Waals surface area contributed by atoms with E-state index in [2.05, 4.69) is 10.00 Å². The minimum atomic E-state index is -0.471. The van der Waals surface area contributed by atoms with Gasteiger partial charge in [-0.05, 0) is 49.6 Å². The SMILES string of the molecule is COc1ccc2c(-c3ccccc3)nn(-c3cc(N4CCCCC4)ccc3[N+](=O)[O-])c(=O)c2c1. The van der Waals surface area contributed by atoms with Crippen LogP contribution in [0, 0.1) is 10.1 Å². The summed E-state index contributed by atoms with van der Waals surface area (Å²) in [6.45, 7) is 1.76. The third kappa shape index (κ3) is 3.87. The molecule has 1 aliphatic heterocycles. The molecule has 0 spiro atoms. The van der Waals surface area contributed by atoms with Crippen molar-refractivity contribution in [3.63, 3.8) is 0 Å². The summed E-state index contributed by atoms with van der Waals surface area (Å²) in [4.78, 5) is 27.3. The summed E-state index contributed by atoms with van der Waals surface area (Å²) >= 11 is 0. The van der Waals surface area contributed by atoms with Crippen LogP contribution in [0.15, 0.2) is 71.5 Å². The van der Waals surface area contributed by atoms with Gasteiger partial charge in [0.25, 0.3) is 11.2 Å². The van der Waals surface area contributed by atoms with Crippen LogP contribution >= 0.6 is 0 Å². The second kappa shape index (κ2) is 8.97. The van der Waals surface area contributed by atoms with E-state index < -0.39 is 10.5 Å². The molecule has 1 fully saturated rings. The van der Waals surface area contributed by atoms with E-state index in [1.165, 1.54) is 19.6 Å². The van der Waals surface area contributed by atoms with E-state index >= 15 is 0 Å². The van der Waals surface area contributed by atoms with Crippen molar-refractivity contribution in [2.75, 3.05) is 25.1 Å². The summed E-state index contributed by atoms with van der Waals surface area (Å²) in [6.07, 6.45) is 3.31. The molecule has 1 saturated heterocycles. The van der Waals surface area contributed by atoms with Gasteiger partial charge in [-0.3, -0.25) is 14.9 Å². The Morgan fingerprint density at radius 3 is 2.41 bits per heavy atom.